The largest absolute Gasteiger partial charge is 0.469 e. The number of hydrogen-bond acceptors (Lipinski definition) is 5. The number of carbonyl (C=O) groups excluding carboxylic acids is 3. The zero-order chi connectivity index (χ0) is 17.0. The molecule has 0 unspecified atom stereocenters. The number of amides is 2. The van der Waals surface area contributed by atoms with Gasteiger partial charge in [-0.05, 0) is 33.6 Å². The Labute approximate surface area is 131 Å². The van der Waals surface area contributed by atoms with Crippen molar-refractivity contribution in [1.29, 1.82) is 0 Å². The summed E-state index contributed by atoms with van der Waals surface area (Å²) in [4.78, 5) is 36.0. The zero-order valence-corrected chi connectivity index (χ0v) is 13.9. The second-order valence-corrected chi connectivity index (χ2v) is 6.58. The Morgan fingerprint density at radius 2 is 1.91 bits per heavy atom. The number of carbonyl (C=O) groups is 3. The smallest absolute Gasteiger partial charge is 0.407 e. The number of ether oxygens (including phenoxy) is 2. The minimum absolute atomic E-state index is 0.0658. The fraction of sp³-hybridized carbons (Fsp3) is 0.800. The molecule has 1 fully saturated rings. The van der Waals surface area contributed by atoms with Crippen molar-refractivity contribution in [2.45, 2.75) is 58.1 Å². The number of alkyl carbamates (subject to hydrolysis) is 1. The highest BCUT2D eigenvalue weighted by molar-refractivity contribution is 5.89. The van der Waals surface area contributed by atoms with Crippen molar-refractivity contribution in [1.82, 2.24) is 10.6 Å². The molecule has 2 N–H and O–H groups in total. The van der Waals surface area contributed by atoms with Crippen molar-refractivity contribution in [3.8, 4) is 0 Å². The quantitative estimate of drug-likeness (QED) is 0.764. The first kappa shape index (κ1) is 18.3. The molecule has 126 valence electrons. The van der Waals surface area contributed by atoms with Gasteiger partial charge in [0.2, 0.25) is 5.91 Å². The molecule has 1 aliphatic rings. The molecule has 22 heavy (non-hydrogen) atoms. The monoisotopic (exact) mass is 314 g/mol. The zero-order valence-electron chi connectivity index (χ0n) is 13.9. The molecule has 0 saturated heterocycles. The lowest BCUT2D eigenvalue weighted by atomic mass is 9.78. The van der Waals surface area contributed by atoms with E-state index in [4.69, 9.17) is 9.47 Å². The summed E-state index contributed by atoms with van der Waals surface area (Å²) >= 11 is 0. The molecule has 0 heterocycles. The van der Waals surface area contributed by atoms with Crippen molar-refractivity contribution in [2.24, 2.45) is 5.41 Å². The Hall–Kier alpha value is -1.79. The summed E-state index contributed by atoms with van der Waals surface area (Å²) in [6.45, 7) is 5.30. The summed E-state index contributed by atoms with van der Waals surface area (Å²) in [6.07, 6.45) is 1.22. The maximum atomic E-state index is 12.4. The Bertz CT molecular complexity index is 444. The van der Waals surface area contributed by atoms with Gasteiger partial charge in [-0.1, -0.05) is 6.42 Å². The van der Waals surface area contributed by atoms with Crippen LogP contribution in [0.4, 0.5) is 4.79 Å². The lowest BCUT2D eigenvalue weighted by molar-refractivity contribution is -0.148. The van der Waals surface area contributed by atoms with E-state index in [1.165, 1.54) is 14.2 Å². The van der Waals surface area contributed by atoms with E-state index in [9.17, 15) is 14.4 Å². The highest BCUT2D eigenvalue weighted by Crippen LogP contribution is 2.42. The SMILES string of the molecule is CNC(=O)[C@]1(CC(=O)OC)CCC[C@H]1NC(=O)OC(C)(C)C. The lowest BCUT2D eigenvalue weighted by Crippen LogP contribution is -2.53. The molecule has 1 rings (SSSR count). The predicted octanol–water partition coefficient (Wildman–Crippen LogP) is 1.36. The van der Waals surface area contributed by atoms with Crippen LogP contribution in [-0.4, -0.2) is 43.8 Å². The minimum Gasteiger partial charge on any atom is -0.469 e. The maximum Gasteiger partial charge on any atom is 0.407 e. The average molecular weight is 314 g/mol. The van der Waals surface area contributed by atoms with Gasteiger partial charge in [-0.2, -0.15) is 0 Å². The molecular weight excluding hydrogens is 288 g/mol. The normalized spacial score (nSPS) is 24.5. The molecule has 0 aromatic heterocycles. The second kappa shape index (κ2) is 6.98. The molecule has 7 heteroatoms. The predicted molar refractivity (Wildman–Crippen MR) is 80.1 cm³/mol. The molecule has 0 aromatic rings. The van der Waals surface area contributed by atoms with E-state index in [2.05, 4.69) is 10.6 Å². The summed E-state index contributed by atoms with van der Waals surface area (Å²) in [5.41, 5.74) is -1.61. The molecule has 1 saturated carbocycles. The van der Waals surface area contributed by atoms with E-state index >= 15 is 0 Å². The Kier molecular flexibility index (Phi) is 5.79. The molecule has 0 aromatic carbocycles. The molecule has 2 amide bonds. The molecule has 0 aliphatic heterocycles. The standard InChI is InChI=1S/C15H26N2O5/c1-14(2,3)22-13(20)17-10-7-6-8-15(10,12(19)16-4)9-11(18)21-5/h10H,6-9H2,1-5H3,(H,16,19)(H,17,20)/t10-,15+/m1/s1. The van der Waals surface area contributed by atoms with Gasteiger partial charge in [-0.3, -0.25) is 9.59 Å². The summed E-state index contributed by atoms with van der Waals surface area (Å²) in [5, 5.41) is 5.33. The second-order valence-electron chi connectivity index (χ2n) is 6.58. The fourth-order valence-electron chi connectivity index (χ4n) is 2.87. The van der Waals surface area contributed by atoms with Crippen molar-refractivity contribution in [2.75, 3.05) is 14.2 Å². The van der Waals surface area contributed by atoms with Gasteiger partial charge in [-0.25, -0.2) is 4.79 Å². The summed E-state index contributed by atoms with van der Waals surface area (Å²) in [5.74, 6) is -0.738. The third kappa shape index (κ3) is 4.35. The van der Waals surface area contributed by atoms with E-state index in [1.54, 1.807) is 20.8 Å². The van der Waals surface area contributed by atoms with Crippen LogP contribution in [-0.2, 0) is 19.1 Å². The van der Waals surface area contributed by atoms with Gasteiger partial charge >= 0.3 is 12.1 Å². The van der Waals surface area contributed by atoms with Gasteiger partial charge in [0.05, 0.1) is 18.9 Å². The minimum atomic E-state index is -0.987. The Morgan fingerprint density at radius 1 is 1.27 bits per heavy atom. The van der Waals surface area contributed by atoms with Crippen LogP contribution in [0.25, 0.3) is 0 Å². The highest BCUT2D eigenvalue weighted by Gasteiger charge is 2.51. The van der Waals surface area contributed by atoms with Crippen LogP contribution in [0.1, 0.15) is 46.5 Å². The third-order valence-electron chi connectivity index (χ3n) is 3.84. The molecule has 0 radical (unpaired) electrons. The van der Waals surface area contributed by atoms with Gasteiger partial charge < -0.3 is 20.1 Å². The van der Waals surface area contributed by atoms with Gasteiger partial charge in [0.15, 0.2) is 0 Å². The molecule has 0 spiro atoms. The van der Waals surface area contributed by atoms with E-state index < -0.39 is 29.1 Å². The van der Waals surface area contributed by atoms with Crippen LogP contribution in [0.5, 0.6) is 0 Å². The van der Waals surface area contributed by atoms with Crippen LogP contribution in [0.15, 0.2) is 0 Å². The first-order chi connectivity index (χ1) is 10.1. The van der Waals surface area contributed by atoms with Gasteiger partial charge in [0, 0.05) is 13.1 Å². The highest BCUT2D eigenvalue weighted by atomic mass is 16.6. The Balaban J connectivity index is 2.92. The van der Waals surface area contributed by atoms with E-state index in [-0.39, 0.29) is 12.3 Å². The van der Waals surface area contributed by atoms with Crippen molar-refractivity contribution in [3.05, 3.63) is 0 Å². The van der Waals surface area contributed by atoms with Crippen LogP contribution < -0.4 is 10.6 Å². The van der Waals surface area contributed by atoms with E-state index in [0.717, 1.165) is 6.42 Å². The lowest BCUT2D eigenvalue weighted by Gasteiger charge is -2.33. The maximum absolute atomic E-state index is 12.4. The Morgan fingerprint density at radius 3 is 2.41 bits per heavy atom. The summed E-state index contributed by atoms with van der Waals surface area (Å²) in [6, 6.07) is -0.457. The molecule has 7 nitrogen and oxygen atoms in total. The van der Waals surface area contributed by atoms with Crippen LogP contribution >= 0.6 is 0 Å². The van der Waals surface area contributed by atoms with E-state index in [1.807, 2.05) is 0 Å². The van der Waals surface area contributed by atoms with Crippen molar-refractivity contribution >= 4 is 18.0 Å². The summed E-state index contributed by atoms with van der Waals surface area (Å²) < 4.78 is 9.94. The molecular formula is C15H26N2O5. The fourth-order valence-corrected chi connectivity index (χ4v) is 2.87. The van der Waals surface area contributed by atoms with Gasteiger partial charge in [-0.15, -0.1) is 0 Å². The summed E-state index contributed by atoms with van der Waals surface area (Å²) in [7, 11) is 2.80. The first-order valence-electron chi connectivity index (χ1n) is 7.43. The molecule has 1 aliphatic carbocycles. The topological polar surface area (TPSA) is 93.7 Å². The number of rotatable bonds is 4. The number of esters is 1. The van der Waals surface area contributed by atoms with Gasteiger partial charge in [0.25, 0.3) is 0 Å². The van der Waals surface area contributed by atoms with Crippen molar-refractivity contribution < 1.29 is 23.9 Å². The van der Waals surface area contributed by atoms with Crippen LogP contribution in [0.3, 0.4) is 0 Å². The van der Waals surface area contributed by atoms with E-state index in [0.29, 0.717) is 12.8 Å². The number of hydrogen-bond donors (Lipinski definition) is 2. The van der Waals surface area contributed by atoms with Crippen LogP contribution in [0.2, 0.25) is 0 Å². The molecule has 2 atom stereocenters. The number of nitrogens with one attached hydrogen (secondary N) is 2. The molecule has 0 bridgehead atoms. The average Bonchev–Trinajstić information content (AvgIpc) is 2.79. The third-order valence-corrected chi connectivity index (χ3v) is 3.84. The van der Waals surface area contributed by atoms with Crippen LogP contribution in [0, 0.1) is 5.41 Å². The number of methoxy groups -OCH3 is 1. The van der Waals surface area contributed by atoms with Gasteiger partial charge in [0.1, 0.15) is 5.60 Å². The first-order valence-corrected chi connectivity index (χ1v) is 7.43. The van der Waals surface area contributed by atoms with Crippen molar-refractivity contribution in [3.63, 3.8) is 0 Å².